The van der Waals surface area contributed by atoms with Gasteiger partial charge >= 0.3 is 17.9 Å². The summed E-state index contributed by atoms with van der Waals surface area (Å²) in [6.07, 6.45) is -3.70. The number of carbonyl (C=O) groups excluding carboxylic acids is 3. The maximum atomic E-state index is 11.2. The minimum Gasteiger partial charge on any atom is -0.463 e. The molecule has 1 aliphatic rings. The van der Waals surface area contributed by atoms with Crippen molar-refractivity contribution in [3.63, 3.8) is 0 Å². The second-order valence-electron chi connectivity index (χ2n) is 4.55. The summed E-state index contributed by atoms with van der Waals surface area (Å²) in [6.45, 7) is 3.44. The molecule has 1 unspecified atom stereocenters. The summed E-state index contributed by atoms with van der Waals surface area (Å²) in [4.78, 5) is 33.4. The summed E-state index contributed by atoms with van der Waals surface area (Å²) >= 11 is 4.72. The van der Waals surface area contributed by atoms with Crippen LogP contribution in [0.1, 0.15) is 20.8 Å². The first-order chi connectivity index (χ1) is 10.2. The van der Waals surface area contributed by atoms with Gasteiger partial charge in [-0.2, -0.15) is 0 Å². The van der Waals surface area contributed by atoms with Crippen molar-refractivity contribution in [1.29, 1.82) is 0 Å². The van der Waals surface area contributed by atoms with Crippen LogP contribution < -0.4 is 11.1 Å². The number of hydrogen-bond acceptors (Lipinski definition) is 8. The van der Waals surface area contributed by atoms with E-state index >= 15 is 0 Å². The Labute approximate surface area is 132 Å². The average molecular weight is 334 g/mol. The average Bonchev–Trinajstić information content (AvgIpc) is 2.63. The lowest BCUT2D eigenvalue weighted by molar-refractivity contribution is -0.165. The zero-order valence-corrected chi connectivity index (χ0v) is 13.2. The highest BCUT2D eigenvalue weighted by molar-refractivity contribution is 7.80. The van der Waals surface area contributed by atoms with Gasteiger partial charge in [-0.25, -0.2) is 0 Å². The van der Waals surface area contributed by atoms with E-state index in [2.05, 4.69) is 5.32 Å². The van der Waals surface area contributed by atoms with Gasteiger partial charge in [0.1, 0.15) is 12.7 Å². The van der Waals surface area contributed by atoms with Crippen LogP contribution in [0.2, 0.25) is 0 Å². The van der Waals surface area contributed by atoms with Gasteiger partial charge in [0, 0.05) is 20.8 Å². The first-order valence-electron chi connectivity index (χ1n) is 6.40. The van der Waals surface area contributed by atoms with Crippen molar-refractivity contribution in [1.82, 2.24) is 5.32 Å². The van der Waals surface area contributed by atoms with Crippen molar-refractivity contribution in [2.75, 3.05) is 6.61 Å². The maximum absolute atomic E-state index is 11.2. The molecule has 124 valence electrons. The molecule has 0 aromatic heterocycles. The molecule has 0 aromatic carbocycles. The van der Waals surface area contributed by atoms with E-state index < -0.39 is 42.4 Å². The maximum Gasteiger partial charge on any atom is 0.303 e. The number of esters is 3. The van der Waals surface area contributed by atoms with Crippen LogP contribution in [0.15, 0.2) is 0 Å². The summed E-state index contributed by atoms with van der Waals surface area (Å²) < 4.78 is 20.6. The molecule has 4 atom stereocenters. The van der Waals surface area contributed by atoms with E-state index in [0.29, 0.717) is 0 Å². The molecule has 1 saturated heterocycles. The third-order valence-corrected chi connectivity index (χ3v) is 2.77. The lowest BCUT2D eigenvalue weighted by Crippen LogP contribution is -2.48. The third kappa shape index (κ3) is 5.45. The normalized spacial score (nSPS) is 26.9. The molecular weight excluding hydrogens is 316 g/mol. The first kappa shape index (κ1) is 18.1. The number of hydrogen-bond donors (Lipinski definition) is 2. The van der Waals surface area contributed by atoms with Crippen molar-refractivity contribution in [3.8, 4) is 0 Å². The van der Waals surface area contributed by atoms with Gasteiger partial charge in [-0.05, 0) is 12.2 Å². The Morgan fingerprint density at radius 2 is 1.64 bits per heavy atom. The molecule has 0 bridgehead atoms. The number of ether oxygens (including phenoxy) is 4. The quantitative estimate of drug-likeness (QED) is 0.366. The molecule has 0 aromatic rings. The van der Waals surface area contributed by atoms with Crippen LogP contribution >= 0.6 is 12.2 Å². The van der Waals surface area contributed by atoms with E-state index in [-0.39, 0.29) is 11.7 Å². The molecule has 0 saturated carbocycles. The Balaban J connectivity index is 2.94. The Morgan fingerprint density at radius 1 is 1.09 bits per heavy atom. The van der Waals surface area contributed by atoms with Crippen molar-refractivity contribution < 1.29 is 33.3 Å². The monoisotopic (exact) mass is 334 g/mol. The van der Waals surface area contributed by atoms with Gasteiger partial charge in [-0.15, -0.1) is 0 Å². The summed E-state index contributed by atoms with van der Waals surface area (Å²) in [6, 6.07) is 0. The molecule has 1 heterocycles. The van der Waals surface area contributed by atoms with Crippen molar-refractivity contribution >= 4 is 35.2 Å². The number of nitrogens with two attached hydrogens (primary N) is 1. The van der Waals surface area contributed by atoms with E-state index in [9.17, 15) is 14.4 Å². The van der Waals surface area contributed by atoms with E-state index in [1.807, 2.05) is 0 Å². The molecule has 22 heavy (non-hydrogen) atoms. The predicted octanol–water partition coefficient (Wildman–Crippen LogP) is -1.03. The smallest absolute Gasteiger partial charge is 0.303 e. The number of rotatable bonds is 5. The predicted molar refractivity (Wildman–Crippen MR) is 76.3 cm³/mol. The van der Waals surface area contributed by atoms with Gasteiger partial charge in [-0.3, -0.25) is 14.4 Å². The van der Waals surface area contributed by atoms with Gasteiger partial charge < -0.3 is 30.0 Å². The molecule has 0 spiro atoms. The number of thiocarbonyl (C=S) groups is 1. The van der Waals surface area contributed by atoms with E-state index in [1.54, 1.807) is 0 Å². The van der Waals surface area contributed by atoms with Crippen LogP contribution in [0.4, 0.5) is 0 Å². The van der Waals surface area contributed by atoms with E-state index in [4.69, 9.17) is 36.9 Å². The van der Waals surface area contributed by atoms with Gasteiger partial charge in [0.15, 0.2) is 23.5 Å². The molecule has 0 amide bonds. The molecule has 9 nitrogen and oxygen atoms in total. The molecule has 0 radical (unpaired) electrons. The number of carbonyl (C=O) groups is 3. The lowest BCUT2D eigenvalue weighted by Gasteiger charge is -2.23. The summed E-state index contributed by atoms with van der Waals surface area (Å²) in [5, 5.41) is 2.51. The standard InChI is InChI=1S/C12H18N2O7S/c1-5(15)18-4-8-9(19-6(2)16)10(20-7(3)17)11(21-8)14-12(13)22/h8-11H,4H2,1-3H3,(H3,13,14,22)/t8-,9-,10-,11?/m1/s1. The Bertz CT molecular complexity index is 470. The summed E-state index contributed by atoms with van der Waals surface area (Å²) in [5.41, 5.74) is 5.39. The van der Waals surface area contributed by atoms with Crippen LogP contribution in [0.25, 0.3) is 0 Å². The van der Waals surface area contributed by atoms with Crippen LogP contribution in [-0.2, 0) is 33.3 Å². The van der Waals surface area contributed by atoms with E-state index in [0.717, 1.165) is 0 Å². The second kappa shape index (κ2) is 7.90. The van der Waals surface area contributed by atoms with Gasteiger partial charge in [0.05, 0.1) is 0 Å². The minimum atomic E-state index is -0.983. The SMILES string of the molecule is CC(=O)OC[C@H]1OC(NC(N)=S)[C@H](OC(C)=O)[C@@H]1OC(C)=O. The van der Waals surface area contributed by atoms with E-state index in [1.165, 1.54) is 20.8 Å². The molecule has 1 fully saturated rings. The summed E-state index contributed by atoms with van der Waals surface area (Å²) in [5.74, 6) is -1.73. The molecule has 0 aliphatic carbocycles. The Morgan fingerprint density at radius 3 is 2.09 bits per heavy atom. The highest BCUT2D eigenvalue weighted by Gasteiger charge is 2.49. The van der Waals surface area contributed by atoms with Gasteiger partial charge in [0.2, 0.25) is 0 Å². The van der Waals surface area contributed by atoms with Crippen molar-refractivity contribution in [2.45, 2.75) is 45.3 Å². The third-order valence-electron chi connectivity index (χ3n) is 2.65. The fourth-order valence-electron chi connectivity index (χ4n) is 1.97. The Kier molecular flexibility index (Phi) is 6.50. The van der Waals surface area contributed by atoms with Gasteiger partial charge in [-0.1, -0.05) is 0 Å². The largest absolute Gasteiger partial charge is 0.463 e. The fourth-order valence-corrected chi connectivity index (χ4v) is 2.09. The van der Waals surface area contributed by atoms with Crippen molar-refractivity contribution in [3.05, 3.63) is 0 Å². The highest BCUT2D eigenvalue weighted by Crippen LogP contribution is 2.26. The van der Waals surface area contributed by atoms with Crippen LogP contribution in [0, 0.1) is 0 Å². The Hall–Kier alpha value is -1.94. The summed E-state index contributed by atoms with van der Waals surface area (Å²) in [7, 11) is 0. The van der Waals surface area contributed by atoms with Crippen molar-refractivity contribution in [2.24, 2.45) is 5.73 Å². The first-order valence-corrected chi connectivity index (χ1v) is 6.80. The van der Waals surface area contributed by atoms with Gasteiger partial charge in [0.25, 0.3) is 0 Å². The van der Waals surface area contributed by atoms with Crippen LogP contribution in [0.5, 0.6) is 0 Å². The zero-order valence-electron chi connectivity index (χ0n) is 12.4. The molecule has 3 N–H and O–H groups in total. The highest BCUT2D eigenvalue weighted by atomic mass is 32.1. The molecular formula is C12H18N2O7S. The minimum absolute atomic E-state index is 0.0862. The van der Waals surface area contributed by atoms with Crippen LogP contribution in [-0.4, -0.2) is 54.2 Å². The lowest BCUT2D eigenvalue weighted by atomic mass is 10.1. The fraction of sp³-hybridized carbons (Fsp3) is 0.667. The molecule has 1 aliphatic heterocycles. The molecule has 1 rings (SSSR count). The molecule has 10 heteroatoms. The topological polar surface area (TPSA) is 126 Å². The second-order valence-corrected chi connectivity index (χ2v) is 4.99. The zero-order chi connectivity index (χ0) is 16.9. The van der Waals surface area contributed by atoms with Crippen LogP contribution in [0.3, 0.4) is 0 Å². The number of nitrogens with one attached hydrogen (secondary N) is 1.